The van der Waals surface area contributed by atoms with Gasteiger partial charge in [-0.3, -0.25) is 14.5 Å². The summed E-state index contributed by atoms with van der Waals surface area (Å²) in [4.78, 5) is 30.3. The fraction of sp³-hybridized carbons (Fsp3) is 0.394. The average Bonchev–Trinajstić information content (AvgIpc) is 2.97. The van der Waals surface area contributed by atoms with E-state index < -0.39 is 23.4 Å². The second-order valence-corrected chi connectivity index (χ2v) is 13.4. The number of nitrogens with zero attached hydrogens (tertiary/aromatic N) is 1. The van der Waals surface area contributed by atoms with E-state index in [1.807, 2.05) is 42.5 Å². The number of hydrogen-bond acceptors (Lipinski definition) is 6. The molecule has 0 radical (unpaired) electrons. The third kappa shape index (κ3) is 5.12. The van der Waals surface area contributed by atoms with Crippen molar-refractivity contribution >= 4 is 43.8 Å². The lowest BCUT2D eigenvalue weighted by Crippen LogP contribution is -2.66. The van der Waals surface area contributed by atoms with Crippen LogP contribution in [0.1, 0.15) is 48.6 Å². The van der Waals surface area contributed by atoms with E-state index in [4.69, 9.17) is 14.2 Å². The molecule has 8 heteroatoms. The molecular formula is C33H35Br2NO5. The predicted octanol–water partition coefficient (Wildman–Crippen LogP) is 7.02. The SMILES string of the molecule is COC(=O)C1(C(=O)OC)CC2Cc3cc(OC)ccc3C(C)(C)C2N(Cc2ccc(Br)cc2)C1c1ccc(Br)cc1. The van der Waals surface area contributed by atoms with Crippen LogP contribution < -0.4 is 4.74 Å². The Morgan fingerprint density at radius 3 is 2.02 bits per heavy atom. The maximum absolute atomic E-state index is 14.0. The largest absolute Gasteiger partial charge is 0.497 e. The number of rotatable bonds is 6. The summed E-state index contributed by atoms with van der Waals surface area (Å²) in [7, 11) is 4.37. The lowest BCUT2D eigenvalue weighted by molar-refractivity contribution is -0.189. The van der Waals surface area contributed by atoms with Gasteiger partial charge in [-0.25, -0.2) is 0 Å². The molecular weight excluding hydrogens is 650 g/mol. The minimum absolute atomic E-state index is 0.00289. The summed E-state index contributed by atoms with van der Waals surface area (Å²) in [5.74, 6) is -0.401. The Hall–Kier alpha value is -2.68. The van der Waals surface area contributed by atoms with Gasteiger partial charge in [0, 0.05) is 26.9 Å². The van der Waals surface area contributed by atoms with E-state index in [0.29, 0.717) is 19.4 Å². The first-order valence-corrected chi connectivity index (χ1v) is 15.2. The minimum Gasteiger partial charge on any atom is -0.497 e. The highest BCUT2D eigenvalue weighted by Gasteiger charge is 2.65. The number of ether oxygens (including phenoxy) is 3. The van der Waals surface area contributed by atoms with Crippen LogP contribution in [0.15, 0.2) is 75.7 Å². The number of benzene rings is 3. The quantitative estimate of drug-likeness (QED) is 0.206. The van der Waals surface area contributed by atoms with Crippen LogP contribution >= 0.6 is 31.9 Å². The molecule has 3 aromatic carbocycles. The van der Waals surface area contributed by atoms with Crippen molar-refractivity contribution in [2.75, 3.05) is 21.3 Å². The molecule has 3 aromatic rings. The molecule has 216 valence electrons. The molecule has 6 nitrogen and oxygen atoms in total. The van der Waals surface area contributed by atoms with Gasteiger partial charge >= 0.3 is 11.9 Å². The highest BCUT2D eigenvalue weighted by atomic mass is 79.9. The Balaban J connectivity index is 1.79. The van der Waals surface area contributed by atoms with E-state index in [-0.39, 0.29) is 17.4 Å². The molecule has 0 bridgehead atoms. The fourth-order valence-electron chi connectivity index (χ4n) is 7.42. The molecule has 1 heterocycles. The van der Waals surface area contributed by atoms with E-state index in [9.17, 15) is 9.59 Å². The van der Waals surface area contributed by atoms with Crippen molar-refractivity contribution in [3.63, 3.8) is 0 Å². The van der Waals surface area contributed by atoms with E-state index in [1.165, 1.54) is 25.3 Å². The molecule has 0 N–H and O–H groups in total. The van der Waals surface area contributed by atoms with E-state index >= 15 is 0 Å². The number of methoxy groups -OCH3 is 3. The predicted molar refractivity (Wildman–Crippen MR) is 165 cm³/mol. The topological polar surface area (TPSA) is 65.1 Å². The van der Waals surface area contributed by atoms with Crippen LogP contribution in [0.5, 0.6) is 5.75 Å². The number of carbonyl (C=O) groups excluding carboxylic acids is 2. The van der Waals surface area contributed by atoms with E-state index in [1.54, 1.807) is 7.11 Å². The fourth-order valence-corrected chi connectivity index (χ4v) is 7.95. The molecule has 0 amide bonds. The number of hydrogen-bond donors (Lipinski definition) is 0. The molecule has 2 aliphatic rings. The van der Waals surface area contributed by atoms with Crippen LogP contribution in [0.2, 0.25) is 0 Å². The van der Waals surface area contributed by atoms with Crippen molar-refractivity contribution in [3.8, 4) is 5.75 Å². The Bertz CT molecular complexity index is 1420. The Morgan fingerprint density at radius 1 is 0.878 bits per heavy atom. The average molecular weight is 685 g/mol. The summed E-state index contributed by atoms with van der Waals surface area (Å²) >= 11 is 7.10. The standard InChI is InChI=1S/C33H35Br2NO5/c1-32(2)27-15-14-26(39-3)17-22(27)16-23-18-33(30(37)40-4,31(38)41-5)29(21-8-12-25(35)13-9-21)36(28(23)32)19-20-6-10-24(34)11-7-20/h6-15,17,23,28-29H,16,18-19H2,1-5H3. The number of esters is 2. The van der Waals surface area contributed by atoms with Crippen LogP contribution in [0.4, 0.5) is 0 Å². The Kier molecular flexibility index (Phi) is 8.39. The monoisotopic (exact) mass is 683 g/mol. The highest BCUT2D eigenvalue weighted by molar-refractivity contribution is 9.10. The number of carbonyl (C=O) groups is 2. The maximum Gasteiger partial charge on any atom is 0.325 e. The summed E-state index contributed by atoms with van der Waals surface area (Å²) in [6.07, 6.45) is 0.995. The smallest absolute Gasteiger partial charge is 0.325 e. The van der Waals surface area contributed by atoms with Crippen LogP contribution in [-0.4, -0.2) is 44.2 Å². The number of halogens is 2. The molecule has 3 atom stereocenters. The molecule has 1 fully saturated rings. The first-order chi connectivity index (χ1) is 19.6. The number of fused-ring (bicyclic) bond motifs is 2. The van der Waals surface area contributed by atoms with Gasteiger partial charge in [0.25, 0.3) is 0 Å². The van der Waals surface area contributed by atoms with E-state index in [2.05, 4.69) is 74.9 Å². The third-order valence-corrected chi connectivity index (χ3v) is 10.0. The van der Waals surface area contributed by atoms with Gasteiger partial charge in [-0.05, 0) is 77.4 Å². The van der Waals surface area contributed by atoms with Gasteiger partial charge in [-0.1, -0.05) is 76.0 Å². The zero-order valence-corrected chi connectivity index (χ0v) is 27.1. The van der Waals surface area contributed by atoms with Crippen LogP contribution in [0.3, 0.4) is 0 Å². The van der Waals surface area contributed by atoms with E-state index in [0.717, 1.165) is 25.8 Å². The van der Waals surface area contributed by atoms with Crippen molar-refractivity contribution in [3.05, 3.63) is 97.9 Å². The first kappa shape index (κ1) is 29.8. The van der Waals surface area contributed by atoms with Gasteiger partial charge in [-0.2, -0.15) is 0 Å². The molecule has 1 saturated heterocycles. The third-order valence-electron chi connectivity index (χ3n) is 8.98. The summed E-state index contributed by atoms with van der Waals surface area (Å²) in [6, 6.07) is 21.7. The number of likely N-dealkylation sites (tertiary alicyclic amines) is 1. The van der Waals surface area contributed by atoms with Gasteiger partial charge in [0.15, 0.2) is 5.41 Å². The summed E-state index contributed by atoms with van der Waals surface area (Å²) in [6.45, 7) is 5.07. The van der Waals surface area contributed by atoms with Crippen molar-refractivity contribution in [2.45, 2.75) is 50.7 Å². The lowest BCUT2D eigenvalue weighted by atomic mass is 9.55. The van der Waals surface area contributed by atoms with Gasteiger partial charge in [0.2, 0.25) is 0 Å². The lowest BCUT2D eigenvalue weighted by Gasteiger charge is -2.60. The Morgan fingerprint density at radius 2 is 1.46 bits per heavy atom. The summed E-state index contributed by atoms with van der Waals surface area (Å²) in [5.41, 5.74) is 2.47. The summed E-state index contributed by atoms with van der Waals surface area (Å²) < 4.78 is 18.3. The van der Waals surface area contributed by atoms with Crippen LogP contribution in [-0.2, 0) is 37.4 Å². The zero-order chi connectivity index (χ0) is 29.5. The molecule has 0 spiro atoms. The molecule has 0 aromatic heterocycles. The Labute approximate surface area is 258 Å². The van der Waals surface area contributed by atoms with Gasteiger partial charge in [0.05, 0.1) is 27.4 Å². The second kappa shape index (κ2) is 11.5. The van der Waals surface area contributed by atoms with Crippen molar-refractivity contribution in [2.24, 2.45) is 11.3 Å². The normalized spacial score (nSPS) is 22.7. The molecule has 0 saturated carbocycles. The van der Waals surface area contributed by atoms with Crippen molar-refractivity contribution < 1.29 is 23.8 Å². The van der Waals surface area contributed by atoms with Gasteiger partial charge in [-0.15, -0.1) is 0 Å². The second-order valence-electron chi connectivity index (χ2n) is 11.6. The van der Waals surface area contributed by atoms with Gasteiger partial charge < -0.3 is 14.2 Å². The zero-order valence-electron chi connectivity index (χ0n) is 23.9. The highest BCUT2D eigenvalue weighted by Crippen LogP contribution is 2.58. The molecule has 1 aliphatic heterocycles. The molecule has 41 heavy (non-hydrogen) atoms. The van der Waals surface area contributed by atoms with Gasteiger partial charge in [0.1, 0.15) is 5.75 Å². The van der Waals surface area contributed by atoms with Crippen LogP contribution in [0.25, 0.3) is 0 Å². The number of piperidine rings is 1. The molecule has 3 unspecified atom stereocenters. The van der Waals surface area contributed by atoms with Crippen molar-refractivity contribution in [1.29, 1.82) is 0 Å². The molecule has 1 aliphatic carbocycles. The first-order valence-electron chi connectivity index (χ1n) is 13.7. The molecule has 5 rings (SSSR count). The van der Waals surface area contributed by atoms with Crippen molar-refractivity contribution in [1.82, 2.24) is 4.90 Å². The summed E-state index contributed by atoms with van der Waals surface area (Å²) in [5, 5.41) is 0. The maximum atomic E-state index is 14.0. The minimum atomic E-state index is -1.57. The van der Waals surface area contributed by atoms with Crippen LogP contribution in [0, 0.1) is 11.3 Å².